The quantitative estimate of drug-likeness (QED) is 0.619. The van der Waals surface area contributed by atoms with Gasteiger partial charge in [0.2, 0.25) is 0 Å². The zero-order valence-corrected chi connectivity index (χ0v) is 19.4. The van der Waals surface area contributed by atoms with Crippen LogP contribution in [0.25, 0.3) is 0 Å². The van der Waals surface area contributed by atoms with Crippen LogP contribution >= 0.6 is 46.4 Å². The average Bonchev–Trinajstić information content (AvgIpc) is 2.73. The second-order valence-electron chi connectivity index (χ2n) is 6.69. The van der Waals surface area contributed by atoms with Crippen LogP contribution in [-0.4, -0.2) is 59.9 Å². The predicted octanol–water partition coefficient (Wildman–Crippen LogP) is 4.32. The summed E-state index contributed by atoms with van der Waals surface area (Å²) in [7, 11) is 0. The highest BCUT2D eigenvalue weighted by Crippen LogP contribution is 2.25. The number of rotatable bonds is 2. The lowest BCUT2D eigenvalue weighted by Crippen LogP contribution is -2.56. The van der Waals surface area contributed by atoms with E-state index < -0.39 is 23.9 Å². The van der Waals surface area contributed by atoms with Crippen molar-refractivity contribution in [2.45, 2.75) is 0 Å². The molecule has 0 unspecified atom stereocenters. The van der Waals surface area contributed by atoms with E-state index in [0.717, 1.165) is 0 Å². The van der Waals surface area contributed by atoms with Gasteiger partial charge in [-0.05, 0) is 24.3 Å². The minimum absolute atomic E-state index is 0.000979. The lowest BCUT2D eigenvalue weighted by Gasteiger charge is -2.34. The summed E-state index contributed by atoms with van der Waals surface area (Å²) < 4.78 is 0. The zero-order chi connectivity index (χ0) is 23.4. The lowest BCUT2D eigenvalue weighted by atomic mass is 10.2. The molecule has 12 heteroatoms. The number of carbonyl (C=O) groups is 4. The maximum atomic E-state index is 12.4. The highest BCUT2D eigenvalue weighted by atomic mass is 35.5. The molecule has 0 radical (unpaired) electrons. The van der Waals surface area contributed by atoms with Crippen LogP contribution in [0.3, 0.4) is 0 Å². The van der Waals surface area contributed by atoms with Crippen LogP contribution in [-0.2, 0) is 0 Å². The predicted molar refractivity (Wildman–Crippen MR) is 122 cm³/mol. The molecule has 2 N–H and O–H groups in total. The first kappa shape index (κ1) is 24.1. The van der Waals surface area contributed by atoms with Crippen molar-refractivity contribution < 1.29 is 19.2 Å². The molecule has 0 bridgehead atoms. The summed E-state index contributed by atoms with van der Waals surface area (Å²) in [4.78, 5) is 52.3. The number of amides is 6. The third-order valence-corrected chi connectivity index (χ3v) is 5.93. The standard InChI is InChI=1S/C20H16Cl4N4O4/c21-11-3-1-4-12(22)15(11)17(29)25-19(31)27-7-9-28(10-8-27)20(32)26-18(30)16-13(23)5-2-6-14(16)24/h1-6H,7-10H2,(H,25,29,31)(H,26,30,32). The largest absolute Gasteiger partial charge is 0.324 e. The second-order valence-corrected chi connectivity index (χ2v) is 8.31. The Morgan fingerprint density at radius 2 is 0.875 bits per heavy atom. The Labute approximate surface area is 203 Å². The summed E-state index contributed by atoms with van der Waals surface area (Å²) in [5, 5.41) is 4.94. The number of piperazine rings is 1. The van der Waals surface area contributed by atoms with Crippen LogP contribution in [0.2, 0.25) is 20.1 Å². The molecule has 1 saturated heterocycles. The van der Waals surface area contributed by atoms with E-state index in [2.05, 4.69) is 10.6 Å². The monoisotopic (exact) mass is 516 g/mol. The van der Waals surface area contributed by atoms with Gasteiger partial charge < -0.3 is 9.80 Å². The molecular formula is C20H16Cl4N4O4. The van der Waals surface area contributed by atoms with E-state index in [1.54, 1.807) is 12.1 Å². The maximum absolute atomic E-state index is 12.4. The van der Waals surface area contributed by atoms with Gasteiger partial charge in [-0.15, -0.1) is 0 Å². The van der Waals surface area contributed by atoms with Crippen LogP contribution in [0.4, 0.5) is 9.59 Å². The molecule has 0 aromatic heterocycles. The second kappa shape index (κ2) is 10.4. The van der Waals surface area contributed by atoms with Gasteiger partial charge in [0, 0.05) is 26.2 Å². The van der Waals surface area contributed by atoms with Crippen molar-refractivity contribution in [3.63, 3.8) is 0 Å². The van der Waals surface area contributed by atoms with Gasteiger partial charge in [0.1, 0.15) is 0 Å². The van der Waals surface area contributed by atoms with Crippen molar-refractivity contribution in [3.05, 3.63) is 67.6 Å². The summed E-state index contributed by atoms with van der Waals surface area (Å²) in [5.41, 5.74) is -0.00196. The van der Waals surface area contributed by atoms with Crippen LogP contribution in [0.5, 0.6) is 0 Å². The summed E-state index contributed by atoms with van der Waals surface area (Å²) in [6.07, 6.45) is 0. The van der Waals surface area contributed by atoms with Crippen LogP contribution in [0, 0.1) is 0 Å². The fraction of sp³-hybridized carbons (Fsp3) is 0.200. The number of hydrogen-bond acceptors (Lipinski definition) is 4. The van der Waals surface area contributed by atoms with Gasteiger partial charge in [-0.25, -0.2) is 9.59 Å². The molecule has 1 aliphatic heterocycles. The first-order chi connectivity index (χ1) is 15.2. The van der Waals surface area contributed by atoms with Crippen LogP contribution in [0.15, 0.2) is 36.4 Å². The highest BCUT2D eigenvalue weighted by molar-refractivity contribution is 6.40. The van der Waals surface area contributed by atoms with Crippen LogP contribution < -0.4 is 10.6 Å². The SMILES string of the molecule is O=C(NC(=O)N1CCN(C(=O)NC(=O)c2c(Cl)cccc2Cl)CC1)c1c(Cl)cccc1Cl. The molecule has 0 spiro atoms. The Morgan fingerprint density at radius 3 is 1.16 bits per heavy atom. The Kier molecular flexibility index (Phi) is 7.84. The van der Waals surface area contributed by atoms with E-state index in [1.165, 1.54) is 34.1 Å². The number of halogens is 4. The van der Waals surface area contributed by atoms with Gasteiger partial charge >= 0.3 is 12.1 Å². The van der Waals surface area contributed by atoms with E-state index in [9.17, 15) is 19.2 Å². The molecular weight excluding hydrogens is 502 g/mol. The Bertz CT molecular complexity index is 961. The number of hydrogen-bond donors (Lipinski definition) is 2. The normalized spacial score (nSPS) is 13.5. The smallest absolute Gasteiger partial charge is 0.321 e. The molecule has 0 atom stereocenters. The van der Waals surface area contributed by atoms with Gasteiger partial charge in [0.05, 0.1) is 31.2 Å². The van der Waals surface area contributed by atoms with Gasteiger partial charge in [0.15, 0.2) is 0 Å². The number of imide groups is 2. The van der Waals surface area contributed by atoms with E-state index in [1.807, 2.05) is 0 Å². The molecule has 0 saturated carbocycles. The molecule has 0 aliphatic carbocycles. The molecule has 1 aliphatic rings. The molecule has 168 valence electrons. The number of nitrogens with zero attached hydrogens (tertiary/aromatic N) is 2. The fourth-order valence-electron chi connectivity index (χ4n) is 3.02. The lowest BCUT2D eigenvalue weighted by molar-refractivity contribution is 0.0911. The van der Waals surface area contributed by atoms with Gasteiger partial charge in [-0.1, -0.05) is 58.5 Å². The van der Waals surface area contributed by atoms with Crippen molar-refractivity contribution in [1.29, 1.82) is 0 Å². The molecule has 2 aromatic rings. The number of carbonyl (C=O) groups excluding carboxylic acids is 4. The van der Waals surface area contributed by atoms with E-state index in [0.29, 0.717) is 0 Å². The first-order valence-corrected chi connectivity index (χ1v) is 10.8. The number of benzene rings is 2. The van der Waals surface area contributed by atoms with Crippen molar-refractivity contribution in [2.75, 3.05) is 26.2 Å². The highest BCUT2D eigenvalue weighted by Gasteiger charge is 2.28. The van der Waals surface area contributed by atoms with Crippen molar-refractivity contribution >= 4 is 70.3 Å². The molecule has 32 heavy (non-hydrogen) atoms. The summed E-state index contributed by atoms with van der Waals surface area (Å²) in [6, 6.07) is 7.82. The fourth-order valence-corrected chi connectivity index (χ4v) is 4.16. The third kappa shape index (κ3) is 5.45. The summed E-state index contributed by atoms with van der Waals surface area (Å²) in [6.45, 7) is 0.571. The van der Waals surface area contributed by atoms with Crippen LogP contribution in [0.1, 0.15) is 20.7 Å². The Balaban J connectivity index is 1.54. The van der Waals surface area contributed by atoms with E-state index in [-0.39, 0.29) is 57.4 Å². The Hall–Kier alpha value is -2.52. The van der Waals surface area contributed by atoms with Gasteiger partial charge in [0.25, 0.3) is 11.8 Å². The van der Waals surface area contributed by atoms with Gasteiger partial charge in [-0.2, -0.15) is 0 Å². The maximum Gasteiger partial charge on any atom is 0.324 e. The van der Waals surface area contributed by atoms with Crippen molar-refractivity contribution in [1.82, 2.24) is 20.4 Å². The summed E-state index contributed by atoms with van der Waals surface area (Å²) in [5.74, 6) is -1.46. The molecule has 1 fully saturated rings. The average molecular weight is 518 g/mol. The molecule has 2 aromatic carbocycles. The molecule has 3 rings (SSSR count). The van der Waals surface area contributed by atoms with Crippen molar-refractivity contribution in [2.24, 2.45) is 0 Å². The minimum atomic E-state index is -0.729. The summed E-state index contributed by atoms with van der Waals surface area (Å²) >= 11 is 23.9. The van der Waals surface area contributed by atoms with Crippen molar-refractivity contribution in [3.8, 4) is 0 Å². The van der Waals surface area contributed by atoms with E-state index >= 15 is 0 Å². The van der Waals surface area contributed by atoms with Gasteiger partial charge in [-0.3, -0.25) is 20.2 Å². The zero-order valence-electron chi connectivity index (χ0n) is 16.3. The molecule has 1 heterocycles. The topological polar surface area (TPSA) is 98.8 Å². The number of nitrogens with one attached hydrogen (secondary N) is 2. The number of urea groups is 2. The Morgan fingerprint density at radius 1 is 0.594 bits per heavy atom. The third-order valence-electron chi connectivity index (χ3n) is 4.67. The minimum Gasteiger partial charge on any atom is -0.321 e. The first-order valence-electron chi connectivity index (χ1n) is 9.27. The van der Waals surface area contributed by atoms with E-state index in [4.69, 9.17) is 46.4 Å². The molecule has 8 nitrogen and oxygen atoms in total. The molecule has 6 amide bonds.